The first kappa shape index (κ1) is 18.4. The number of nitrogens with one attached hydrogen (secondary N) is 1. The third-order valence-corrected chi connectivity index (χ3v) is 5.34. The number of hydrogen-bond donors (Lipinski definition) is 2. The summed E-state index contributed by atoms with van der Waals surface area (Å²) < 4.78 is 32.6. The molecule has 0 spiro atoms. The van der Waals surface area contributed by atoms with Crippen LogP contribution in [0.4, 0.5) is 8.78 Å². The number of phenols is 1. The Kier molecular flexibility index (Phi) is 4.98. The zero-order valence-corrected chi connectivity index (χ0v) is 15.1. The number of carbonyl (C=O) groups is 1. The van der Waals surface area contributed by atoms with Gasteiger partial charge in [0.2, 0.25) is 0 Å². The lowest BCUT2D eigenvalue weighted by atomic mass is 9.82. The smallest absolute Gasteiger partial charge is 0.251 e. The highest BCUT2D eigenvalue weighted by molar-refractivity contribution is 5.94. The maximum atomic E-state index is 13.4. The largest absolute Gasteiger partial charge is 0.503 e. The zero-order valence-electron chi connectivity index (χ0n) is 15.1. The topological polar surface area (TPSA) is 75.4 Å². The van der Waals surface area contributed by atoms with Crippen molar-refractivity contribution in [3.8, 4) is 5.75 Å². The number of hydrogen-bond acceptors (Lipinski definition) is 4. The molecule has 0 radical (unpaired) electrons. The van der Waals surface area contributed by atoms with Crippen LogP contribution in [0.5, 0.6) is 5.75 Å². The second-order valence-corrected chi connectivity index (χ2v) is 7.24. The standard InChI is InChI=1S/C21H20F2N2O3/c22-15-9-14(10-16(23)19(15)26)20(27)24-11-12-5-7-13(8-6-12)21-25-17-3-1-2-4-18(17)28-21/h1-4,9-10,12-13,26H,5-8,11H2,(H,24,27). The highest BCUT2D eigenvalue weighted by Gasteiger charge is 2.26. The molecule has 4 rings (SSSR count). The van der Waals surface area contributed by atoms with Crippen molar-refractivity contribution in [1.29, 1.82) is 0 Å². The number of aromatic nitrogens is 1. The number of phenolic OH excluding ortho intramolecular Hbond substituents is 1. The minimum atomic E-state index is -1.15. The molecule has 7 heteroatoms. The van der Waals surface area contributed by atoms with Crippen LogP contribution >= 0.6 is 0 Å². The van der Waals surface area contributed by atoms with Crippen molar-refractivity contribution in [2.45, 2.75) is 31.6 Å². The van der Waals surface area contributed by atoms with Crippen molar-refractivity contribution in [2.75, 3.05) is 6.54 Å². The molecule has 5 nitrogen and oxygen atoms in total. The van der Waals surface area contributed by atoms with Gasteiger partial charge in [-0.3, -0.25) is 4.79 Å². The van der Waals surface area contributed by atoms with Crippen LogP contribution in [0.1, 0.15) is 47.8 Å². The number of oxazole rings is 1. The second kappa shape index (κ2) is 7.58. The Bertz CT molecular complexity index is 954. The molecule has 1 aliphatic carbocycles. The van der Waals surface area contributed by atoms with E-state index in [9.17, 15) is 13.6 Å². The zero-order chi connectivity index (χ0) is 19.7. The predicted octanol–water partition coefficient (Wildman–Crippen LogP) is 4.52. The maximum absolute atomic E-state index is 13.4. The monoisotopic (exact) mass is 386 g/mol. The van der Waals surface area contributed by atoms with Crippen molar-refractivity contribution in [1.82, 2.24) is 10.3 Å². The number of para-hydroxylation sites is 2. The lowest BCUT2D eigenvalue weighted by Crippen LogP contribution is -2.31. The lowest BCUT2D eigenvalue weighted by Gasteiger charge is -2.26. The van der Waals surface area contributed by atoms with E-state index in [1.165, 1.54) is 0 Å². The van der Waals surface area contributed by atoms with E-state index in [1.54, 1.807) is 0 Å². The van der Waals surface area contributed by atoms with Crippen LogP contribution in [0.2, 0.25) is 0 Å². The molecular formula is C21H20F2N2O3. The number of rotatable bonds is 4. The van der Waals surface area contributed by atoms with Gasteiger partial charge in [0.05, 0.1) is 0 Å². The molecule has 0 atom stereocenters. The van der Waals surface area contributed by atoms with Crippen molar-refractivity contribution < 1.29 is 23.1 Å². The van der Waals surface area contributed by atoms with Gasteiger partial charge in [0.1, 0.15) is 5.52 Å². The average molecular weight is 386 g/mol. The minimum absolute atomic E-state index is 0.145. The fraction of sp³-hybridized carbons (Fsp3) is 0.333. The molecule has 3 aromatic rings. The first-order valence-electron chi connectivity index (χ1n) is 9.33. The molecule has 0 saturated heterocycles. The Labute approximate surface area is 160 Å². The summed E-state index contributed by atoms with van der Waals surface area (Å²) in [5.41, 5.74) is 1.51. The average Bonchev–Trinajstić information content (AvgIpc) is 3.14. The minimum Gasteiger partial charge on any atom is -0.503 e. The molecular weight excluding hydrogens is 366 g/mol. The fourth-order valence-electron chi connectivity index (χ4n) is 3.71. The molecule has 0 unspecified atom stereocenters. The summed E-state index contributed by atoms with van der Waals surface area (Å²) in [6.07, 6.45) is 3.63. The van der Waals surface area contributed by atoms with Gasteiger partial charge in [0.15, 0.2) is 28.9 Å². The summed E-state index contributed by atoms with van der Waals surface area (Å²) in [5.74, 6) is -2.62. The number of benzene rings is 2. The van der Waals surface area contributed by atoms with Gasteiger partial charge in [-0.25, -0.2) is 13.8 Å². The number of aromatic hydroxyl groups is 1. The number of halogens is 2. The molecule has 1 aromatic heterocycles. The van der Waals surface area contributed by atoms with Gasteiger partial charge in [-0.15, -0.1) is 0 Å². The van der Waals surface area contributed by atoms with Crippen molar-refractivity contribution >= 4 is 17.0 Å². The third kappa shape index (κ3) is 3.69. The van der Waals surface area contributed by atoms with Gasteiger partial charge in [0, 0.05) is 18.0 Å². The van der Waals surface area contributed by atoms with Gasteiger partial charge in [-0.05, 0) is 55.9 Å². The van der Waals surface area contributed by atoms with E-state index in [-0.39, 0.29) is 17.4 Å². The van der Waals surface area contributed by atoms with E-state index in [1.807, 2.05) is 24.3 Å². The van der Waals surface area contributed by atoms with Crippen molar-refractivity contribution in [3.63, 3.8) is 0 Å². The molecule has 146 valence electrons. The quantitative estimate of drug-likeness (QED) is 0.692. The van der Waals surface area contributed by atoms with Gasteiger partial charge < -0.3 is 14.8 Å². The van der Waals surface area contributed by atoms with Crippen LogP contribution in [0.3, 0.4) is 0 Å². The molecule has 1 amide bonds. The Morgan fingerprint density at radius 3 is 2.50 bits per heavy atom. The van der Waals surface area contributed by atoms with Crippen LogP contribution in [0.15, 0.2) is 40.8 Å². The number of fused-ring (bicyclic) bond motifs is 1. The van der Waals surface area contributed by atoms with Gasteiger partial charge in [-0.2, -0.15) is 0 Å². The highest BCUT2D eigenvalue weighted by Crippen LogP contribution is 2.36. The first-order chi connectivity index (χ1) is 13.5. The summed E-state index contributed by atoms with van der Waals surface area (Å²) in [6, 6.07) is 9.35. The molecule has 1 saturated carbocycles. The van der Waals surface area contributed by atoms with Crippen LogP contribution in [-0.2, 0) is 0 Å². The fourth-order valence-corrected chi connectivity index (χ4v) is 3.71. The summed E-state index contributed by atoms with van der Waals surface area (Å²) >= 11 is 0. The molecule has 2 aromatic carbocycles. The van der Waals surface area contributed by atoms with Crippen LogP contribution in [0, 0.1) is 17.6 Å². The normalized spacial score (nSPS) is 19.6. The Hall–Kier alpha value is -2.96. The SMILES string of the molecule is O=C(NCC1CCC(c2nc3ccccc3o2)CC1)c1cc(F)c(O)c(F)c1. The highest BCUT2D eigenvalue weighted by atomic mass is 19.1. The van der Waals surface area contributed by atoms with E-state index < -0.39 is 23.3 Å². The van der Waals surface area contributed by atoms with E-state index in [4.69, 9.17) is 9.52 Å². The summed E-state index contributed by atoms with van der Waals surface area (Å²) in [6.45, 7) is 0.434. The summed E-state index contributed by atoms with van der Waals surface area (Å²) in [5, 5.41) is 11.8. The van der Waals surface area contributed by atoms with Crippen molar-refractivity contribution in [2.24, 2.45) is 5.92 Å². The number of amides is 1. The van der Waals surface area contributed by atoms with Gasteiger partial charge >= 0.3 is 0 Å². The number of nitrogens with zero attached hydrogens (tertiary/aromatic N) is 1. The molecule has 0 aliphatic heterocycles. The summed E-state index contributed by atoms with van der Waals surface area (Å²) in [7, 11) is 0. The molecule has 2 N–H and O–H groups in total. The van der Waals surface area contributed by atoms with Crippen LogP contribution in [0.25, 0.3) is 11.1 Å². The van der Waals surface area contributed by atoms with Crippen molar-refractivity contribution in [3.05, 3.63) is 59.5 Å². The van der Waals surface area contributed by atoms with E-state index >= 15 is 0 Å². The van der Waals surface area contributed by atoms with Gasteiger partial charge in [0.25, 0.3) is 5.91 Å². The second-order valence-electron chi connectivity index (χ2n) is 7.24. The molecule has 1 heterocycles. The molecule has 28 heavy (non-hydrogen) atoms. The van der Waals surface area contributed by atoms with E-state index in [2.05, 4.69) is 10.3 Å². The first-order valence-corrected chi connectivity index (χ1v) is 9.33. The summed E-state index contributed by atoms with van der Waals surface area (Å²) in [4.78, 5) is 16.7. The number of carbonyl (C=O) groups excluding carboxylic acids is 1. The Morgan fingerprint density at radius 1 is 1.14 bits per heavy atom. The Balaban J connectivity index is 1.31. The lowest BCUT2D eigenvalue weighted by molar-refractivity contribution is 0.0941. The van der Waals surface area contributed by atoms with Crippen LogP contribution < -0.4 is 5.32 Å². The molecule has 0 bridgehead atoms. The van der Waals surface area contributed by atoms with E-state index in [0.717, 1.165) is 54.8 Å². The molecule has 1 fully saturated rings. The van der Waals surface area contributed by atoms with Gasteiger partial charge in [-0.1, -0.05) is 12.1 Å². The molecule has 1 aliphatic rings. The Morgan fingerprint density at radius 2 is 1.82 bits per heavy atom. The predicted molar refractivity (Wildman–Crippen MR) is 99.1 cm³/mol. The third-order valence-electron chi connectivity index (χ3n) is 5.34. The maximum Gasteiger partial charge on any atom is 0.251 e. The van der Waals surface area contributed by atoms with E-state index in [0.29, 0.717) is 6.54 Å². The van der Waals surface area contributed by atoms with Crippen LogP contribution in [-0.4, -0.2) is 22.5 Å².